The van der Waals surface area contributed by atoms with Crippen molar-refractivity contribution in [1.29, 1.82) is 0 Å². The number of nitrogens with zero attached hydrogens (tertiary/aromatic N) is 5. The van der Waals surface area contributed by atoms with E-state index in [0.717, 1.165) is 53.7 Å². The third kappa shape index (κ3) is 4.82. The Kier molecular flexibility index (Phi) is 6.62. The maximum Gasteiger partial charge on any atom is 0.193 e. The molecule has 26 heavy (non-hydrogen) atoms. The Hall–Kier alpha value is -1.93. The third-order valence-electron chi connectivity index (χ3n) is 3.92. The molecule has 138 valence electrons. The molecule has 3 rings (SSSR count). The molecule has 0 saturated carbocycles. The van der Waals surface area contributed by atoms with Crippen LogP contribution in [0.4, 0.5) is 0 Å². The minimum absolute atomic E-state index is 0.753. The number of aryl methyl sites for hydroxylation is 1. The third-order valence-corrected chi connectivity index (χ3v) is 5.53. The van der Waals surface area contributed by atoms with E-state index in [2.05, 4.69) is 62.4 Å². The van der Waals surface area contributed by atoms with Crippen LogP contribution in [0.5, 0.6) is 0 Å². The highest BCUT2D eigenvalue weighted by Gasteiger charge is 2.08. The molecule has 0 bridgehead atoms. The van der Waals surface area contributed by atoms with E-state index in [1.165, 1.54) is 4.88 Å². The van der Waals surface area contributed by atoms with Crippen LogP contribution in [0.15, 0.2) is 45.3 Å². The fraction of sp³-hybridized carbons (Fsp3) is 0.389. The highest BCUT2D eigenvalue weighted by atomic mass is 79.9. The lowest BCUT2D eigenvalue weighted by Crippen LogP contribution is -2.38. The van der Waals surface area contributed by atoms with Gasteiger partial charge in [-0.05, 0) is 53.5 Å². The smallest absolute Gasteiger partial charge is 0.193 e. The molecule has 3 aromatic rings. The second-order valence-corrected chi connectivity index (χ2v) is 8.49. The lowest BCUT2D eigenvalue weighted by Gasteiger charge is -2.21. The number of hydrogen-bond acceptors (Lipinski definition) is 4. The van der Waals surface area contributed by atoms with E-state index < -0.39 is 0 Å². The van der Waals surface area contributed by atoms with Crippen LogP contribution in [0.3, 0.4) is 0 Å². The first-order valence-electron chi connectivity index (χ1n) is 8.69. The van der Waals surface area contributed by atoms with Gasteiger partial charge in [-0.15, -0.1) is 21.5 Å². The van der Waals surface area contributed by atoms with Crippen molar-refractivity contribution in [3.05, 3.63) is 51.0 Å². The van der Waals surface area contributed by atoms with Crippen molar-refractivity contribution in [3.8, 4) is 0 Å². The maximum absolute atomic E-state index is 4.76. The van der Waals surface area contributed by atoms with Gasteiger partial charge in [-0.2, -0.15) is 0 Å². The van der Waals surface area contributed by atoms with Crippen molar-refractivity contribution in [3.63, 3.8) is 0 Å². The van der Waals surface area contributed by atoms with Crippen LogP contribution < -0.4 is 5.32 Å². The standard InChI is InChI=1S/C18H23BrN6S/c1-3-20-18(24(2)13-14-9-10-15(19)26-14)21-11-6-8-17-23-22-16-7-4-5-12-25(16)17/h4-5,7,9-10,12H,3,6,8,11,13H2,1-2H3,(H,20,21). The Morgan fingerprint density at radius 2 is 2.19 bits per heavy atom. The molecule has 6 nitrogen and oxygen atoms in total. The minimum Gasteiger partial charge on any atom is -0.357 e. The van der Waals surface area contributed by atoms with E-state index >= 15 is 0 Å². The van der Waals surface area contributed by atoms with Crippen LogP contribution in [0.25, 0.3) is 5.65 Å². The number of nitrogens with one attached hydrogen (secondary N) is 1. The predicted octanol–water partition coefficient (Wildman–Crippen LogP) is 3.58. The number of aliphatic imine (C=N–C) groups is 1. The molecule has 0 aromatic carbocycles. The molecule has 8 heteroatoms. The number of guanidine groups is 1. The van der Waals surface area contributed by atoms with Crippen molar-refractivity contribution in [2.24, 2.45) is 4.99 Å². The number of halogens is 1. The van der Waals surface area contributed by atoms with E-state index in [-0.39, 0.29) is 0 Å². The maximum atomic E-state index is 4.76. The summed E-state index contributed by atoms with van der Waals surface area (Å²) in [5.41, 5.74) is 0.890. The SMILES string of the molecule is CCNC(=NCCCc1nnc2ccccn12)N(C)Cc1ccc(Br)s1. The van der Waals surface area contributed by atoms with Crippen molar-refractivity contribution in [2.45, 2.75) is 26.3 Å². The van der Waals surface area contributed by atoms with Crippen molar-refractivity contribution in [2.75, 3.05) is 20.1 Å². The van der Waals surface area contributed by atoms with Crippen LogP contribution in [0, 0.1) is 0 Å². The lowest BCUT2D eigenvalue weighted by atomic mass is 10.3. The van der Waals surface area contributed by atoms with E-state index in [1.807, 2.05) is 28.8 Å². The molecular formula is C18H23BrN6S. The van der Waals surface area contributed by atoms with Gasteiger partial charge >= 0.3 is 0 Å². The van der Waals surface area contributed by atoms with Crippen molar-refractivity contribution < 1.29 is 0 Å². The molecule has 1 N–H and O–H groups in total. The fourth-order valence-corrected chi connectivity index (χ4v) is 4.24. The summed E-state index contributed by atoms with van der Waals surface area (Å²) in [6.45, 7) is 4.54. The lowest BCUT2D eigenvalue weighted by molar-refractivity contribution is 0.481. The van der Waals surface area contributed by atoms with E-state index in [0.29, 0.717) is 0 Å². The van der Waals surface area contributed by atoms with Gasteiger partial charge in [-0.1, -0.05) is 6.07 Å². The molecule has 0 fully saturated rings. The van der Waals surface area contributed by atoms with Gasteiger partial charge in [0.15, 0.2) is 11.6 Å². The summed E-state index contributed by atoms with van der Waals surface area (Å²) in [5, 5.41) is 11.8. The molecule has 0 aliphatic rings. The van der Waals surface area contributed by atoms with Gasteiger partial charge in [0.2, 0.25) is 0 Å². The first-order valence-corrected chi connectivity index (χ1v) is 10.3. The number of pyridine rings is 1. The average Bonchev–Trinajstić information content (AvgIpc) is 3.24. The summed E-state index contributed by atoms with van der Waals surface area (Å²) in [4.78, 5) is 8.23. The number of aromatic nitrogens is 3. The number of hydrogen-bond donors (Lipinski definition) is 1. The Balaban J connectivity index is 1.56. The highest BCUT2D eigenvalue weighted by Crippen LogP contribution is 2.23. The van der Waals surface area contributed by atoms with E-state index in [9.17, 15) is 0 Å². The fourth-order valence-electron chi connectivity index (χ4n) is 2.70. The summed E-state index contributed by atoms with van der Waals surface area (Å²) in [6, 6.07) is 10.2. The second kappa shape index (κ2) is 9.14. The molecule has 0 spiro atoms. The number of fused-ring (bicyclic) bond motifs is 1. The zero-order valence-electron chi connectivity index (χ0n) is 15.0. The molecule has 0 aliphatic carbocycles. The summed E-state index contributed by atoms with van der Waals surface area (Å²) in [5.74, 6) is 1.92. The molecule has 0 aliphatic heterocycles. The van der Waals surface area contributed by atoms with Crippen LogP contribution in [-0.2, 0) is 13.0 Å². The minimum atomic E-state index is 0.753. The quantitative estimate of drug-likeness (QED) is 0.350. The Bertz CT molecular complexity index is 871. The van der Waals surface area contributed by atoms with Crippen molar-refractivity contribution >= 4 is 38.9 Å². The second-order valence-electron chi connectivity index (χ2n) is 5.95. The molecule has 0 atom stereocenters. The molecule has 0 amide bonds. The van der Waals surface area contributed by atoms with E-state index in [4.69, 9.17) is 4.99 Å². The van der Waals surface area contributed by atoms with Gasteiger partial charge in [0, 0.05) is 37.6 Å². The largest absolute Gasteiger partial charge is 0.357 e. The Morgan fingerprint density at radius 3 is 2.96 bits per heavy atom. The van der Waals surface area contributed by atoms with Gasteiger partial charge in [-0.3, -0.25) is 9.39 Å². The molecule has 0 unspecified atom stereocenters. The molecular weight excluding hydrogens is 412 g/mol. The first-order chi connectivity index (χ1) is 12.7. The topological polar surface area (TPSA) is 57.8 Å². The van der Waals surface area contributed by atoms with Crippen LogP contribution in [0.1, 0.15) is 24.0 Å². The van der Waals surface area contributed by atoms with Crippen LogP contribution in [0.2, 0.25) is 0 Å². The molecule has 3 heterocycles. The van der Waals surface area contributed by atoms with Gasteiger partial charge in [0.1, 0.15) is 5.82 Å². The monoisotopic (exact) mass is 434 g/mol. The van der Waals surface area contributed by atoms with Crippen molar-refractivity contribution in [1.82, 2.24) is 24.8 Å². The van der Waals surface area contributed by atoms with Gasteiger partial charge in [-0.25, -0.2) is 0 Å². The Labute approximate surface area is 166 Å². The van der Waals surface area contributed by atoms with Gasteiger partial charge in [0.05, 0.1) is 10.3 Å². The molecule has 3 aromatic heterocycles. The molecule has 0 radical (unpaired) electrons. The van der Waals surface area contributed by atoms with E-state index in [1.54, 1.807) is 11.3 Å². The summed E-state index contributed by atoms with van der Waals surface area (Å²) in [6.07, 6.45) is 3.80. The average molecular weight is 435 g/mol. The summed E-state index contributed by atoms with van der Waals surface area (Å²) >= 11 is 5.27. The zero-order chi connectivity index (χ0) is 18.4. The predicted molar refractivity (Wildman–Crippen MR) is 111 cm³/mol. The highest BCUT2D eigenvalue weighted by molar-refractivity contribution is 9.11. The normalized spacial score (nSPS) is 11.9. The Morgan fingerprint density at radius 1 is 1.31 bits per heavy atom. The first kappa shape index (κ1) is 18.8. The zero-order valence-corrected chi connectivity index (χ0v) is 17.4. The number of rotatable bonds is 7. The molecule has 0 saturated heterocycles. The summed E-state index contributed by atoms with van der Waals surface area (Å²) in [7, 11) is 2.07. The van der Waals surface area contributed by atoms with Gasteiger partial charge in [0.25, 0.3) is 0 Å². The van der Waals surface area contributed by atoms with Gasteiger partial charge < -0.3 is 10.2 Å². The number of thiophene rings is 1. The van der Waals surface area contributed by atoms with Crippen LogP contribution in [-0.4, -0.2) is 45.6 Å². The van der Waals surface area contributed by atoms with Crippen LogP contribution >= 0.6 is 27.3 Å². The summed E-state index contributed by atoms with van der Waals surface area (Å²) < 4.78 is 3.19.